The number of sulfonamides is 1. The van der Waals surface area contributed by atoms with Gasteiger partial charge in [-0.25, -0.2) is 8.42 Å². The van der Waals surface area contributed by atoms with Crippen LogP contribution < -0.4 is 0 Å². The normalized spacial score (nSPS) is 23.4. The van der Waals surface area contributed by atoms with Crippen molar-refractivity contribution in [3.63, 3.8) is 0 Å². The molecule has 0 aromatic carbocycles. The van der Waals surface area contributed by atoms with Gasteiger partial charge in [0, 0.05) is 31.0 Å². The van der Waals surface area contributed by atoms with Gasteiger partial charge >= 0.3 is 0 Å². The van der Waals surface area contributed by atoms with Crippen LogP contribution in [0.2, 0.25) is 0 Å². The molecule has 1 saturated heterocycles. The minimum atomic E-state index is -3.51. The Balaban J connectivity index is 2.31. The summed E-state index contributed by atoms with van der Waals surface area (Å²) in [6.45, 7) is 4.92. The lowest BCUT2D eigenvalue weighted by atomic mass is 10.0. The van der Waals surface area contributed by atoms with Gasteiger partial charge in [0.2, 0.25) is 10.0 Å². The first kappa shape index (κ1) is 15.0. The Morgan fingerprint density at radius 1 is 1.35 bits per heavy atom. The summed E-state index contributed by atoms with van der Waals surface area (Å²) < 4.78 is 26.6. The summed E-state index contributed by atoms with van der Waals surface area (Å²) >= 11 is 0. The third-order valence-electron chi connectivity index (χ3n) is 3.62. The maximum absolute atomic E-state index is 12.5. The molecule has 1 aliphatic heterocycles. The van der Waals surface area contributed by atoms with Gasteiger partial charge < -0.3 is 5.11 Å². The van der Waals surface area contributed by atoms with Crippen LogP contribution in [0.1, 0.15) is 19.4 Å². The summed E-state index contributed by atoms with van der Waals surface area (Å²) in [7, 11) is -3.51. The molecule has 1 aromatic heterocycles. The molecule has 1 fully saturated rings. The van der Waals surface area contributed by atoms with E-state index < -0.39 is 10.0 Å². The highest BCUT2D eigenvalue weighted by Crippen LogP contribution is 2.27. The molecule has 5 nitrogen and oxygen atoms in total. The molecule has 2 heterocycles. The molecule has 1 N–H and O–H groups in total. The number of pyridine rings is 1. The van der Waals surface area contributed by atoms with Crippen LogP contribution in [0.5, 0.6) is 0 Å². The predicted octanol–water partition coefficient (Wildman–Crippen LogP) is 0.702. The van der Waals surface area contributed by atoms with Crippen LogP contribution in [0.4, 0.5) is 0 Å². The third kappa shape index (κ3) is 3.01. The topological polar surface area (TPSA) is 70.5 Å². The molecule has 1 aliphatic rings. The monoisotopic (exact) mass is 294 g/mol. The highest BCUT2D eigenvalue weighted by molar-refractivity contribution is 7.89. The molecule has 2 rings (SSSR count). The van der Waals surface area contributed by atoms with Gasteiger partial charge in [-0.15, -0.1) is 0 Å². The Hall–Kier alpha value is -1.42. The van der Waals surface area contributed by atoms with E-state index in [0.29, 0.717) is 30.5 Å². The van der Waals surface area contributed by atoms with Gasteiger partial charge in [-0.2, -0.15) is 4.31 Å². The molecule has 0 aliphatic carbocycles. The van der Waals surface area contributed by atoms with Crippen LogP contribution in [0.15, 0.2) is 23.4 Å². The van der Waals surface area contributed by atoms with Crippen molar-refractivity contribution in [2.75, 3.05) is 19.7 Å². The Labute approximate surface area is 119 Å². The average Bonchev–Trinajstić information content (AvgIpc) is 2.77. The van der Waals surface area contributed by atoms with Crippen molar-refractivity contribution in [3.05, 3.63) is 24.0 Å². The summed E-state index contributed by atoms with van der Waals surface area (Å²) in [5, 5.41) is 8.67. The van der Waals surface area contributed by atoms with Crippen LogP contribution >= 0.6 is 0 Å². The molecule has 0 saturated carbocycles. The second-order valence-corrected chi connectivity index (χ2v) is 7.08. The molecular weight excluding hydrogens is 276 g/mol. The van der Waals surface area contributed by atoms with E-state index in [-0.39, 0.29) is 11.5 Å². The van der Waals surface area contributed by atoms with Crippen molar-refractivity contribution < 1.29 is 13.5 Å². The zero-order chi connectivity index (χ0) is 14.8. The lowest BCUT2D eigenvalue weighted by Crippen LogP contribution is -2.29. The van der Waals surface area contributed by atoms with Crippen molar-refractivity contribution in [3.8, 4) is 11.8 Å². The van der Waals surface area contributed by atoms with Crippen molar-refractivity contribution in [1.29, 1.82) is 0 Å². The van der Waals surface area contributed by atoms with Crippen molar-refractivity contribution in [2.45, 2.75) is 18.7 Å². The van der Waals surface area contributed by atoms with Gasteiger partial charge in [0.05, 0.1) is 0 Å². The van der Waals surface area contributed by atoms with Gasteiger partial charge in [0.1, 0.15) is 11.5 Å². The van der Waals surface area contributed by atoms with E-state index in [1.54, 1.807) is 0 Å². The fourth-order valence-corrected chi connectivity index (χ4v) is 3.82. The maximum Gasteiger partial charge on any atom is 0.244 e. The predicted molar refractivity (Wildman–Crippen MR) is 75.3 cm³/mol. The fourth-order valence-electron chi connectivity index (χ4n) is 2.19. The first-order valence-corrected chi connectivity index (χ1v) is 7.94. The molecule has 2 atom stereocenters. The number of hydrogen-bond donors (Lipinski definition) is 1. The Morgan fingerprint density at radius 3 is 2.60 bits per heavy atom. The number of aromatic nitrogens is 1. The molecule has 2 unspecified atom stereocenters. The zero-order valence-electron chi connectivity index (χ0n) is 11.6. The molecule has 0 bridgehead atoms. The molecule has 20 heavy (non-hydrogen) atoms. The van der Waals surface area contributed by atoms with Crippen LogP contribution in [0, 0.1) is 23.7 Å². The first-order valence-electron chi connectivity index (χ1n) is 6.50. The van der Waals surface area contributed by atoms with Gasteiger partial charge in [0.25, 0.3) is 0 Å². The second kappa shape index (κ2) is 5.92. The van der Waals surface area contributed by atoms with Crippen LogP contribution in [-0.4, -0.2) is 42.5 Å². The van der Waals surface area contributed by atoms with Crippen LogP contribution in [-0.2, 0) is 10.0 Å². The first-order chi connectivity index (χ1) is 9.45. The highest BCUT2D eigenvalue weighted by atomic mass is 32.2. The summed E-state index contributed by atoms with van der Waals surface area (Å²) in [4.78, 5) is 4.08. The van der Waals surface area contributed by atoms with Crippen molar-refractivity contribution in [1.82, 2.24) is 9.29 Å². The second-order valence-electron chi connectivity index (χ2n) is 5.15. The van der Waals surface area contributed by atoms with E-state index in [4.69, 9.17) is 5.11 Å². The minimum Gasteiger partial charge on any atom is -0.384 e. The summed E-state index contributed by atoms with van der Waals surface area (Å²) in [6.07, 6.45) is 2.82. The van der Waals surface area contributed by atoms with E-state index >= 15 is 0 Å². The molecule has 6 heteroatoms. The summed E-state index contributed by atoms with van der Waals surface area (Å²) in [6, 6.07) is 1.50. The molecule has 0 amide bonds. The molecule has 0 spiro atoms. The number of nitrogens with zero attached hydrogens (tertiary/aromatic N) is 2. The van der Waals surface area contributed by atoms with Gasteiger partial charge in [-0.3, -0.25) is 4.98 Å². The summed E-state index contributed by atoms with van der Waals surface area (Å²) in [5.41, 5.74) is 0.486. The Morgan fingerprint density at radius 2 is 2.00 bits per heavy atom. The smallest absolute Gasteiger partial charge is 0.244 e. The zero-order valence-corrected chi connectivity index (χ0v) is 12.4. The average molecular weight is 294 g/mol. The van der Waals surface area contributed by atoms with Crippen LogP contribution in [0.25, 0.3) is 0 Å². The third-order valence-corrected chi connectivity index (χ3v) is 5.41. The molecule has 108 valence electrons. The van der Waals surface area contributed by atoms with Crippen molar-refractivity contribution >= 4 is 10.0 Å². The van der Waals surface area contributed by atoms with E-state index in [0.717, 1.165) is 0 Å². The minimum absolute atomic E-state index is 0.156. The number of aliphatic hydroxyl groups excluding tert-OH is 1. The largest absolute Gasteiger partial charge is 0.384 e. The highest BCUT2D eigenvalue weighted by Gasteiger charge is 2.35. The SMILES string of the molecule is CC1CN(S(=O)(=O)c2cncc(C#CCO)c2)CC1C. The number of rotatable bonds is 2. The van der Waals surface area contributed by atoms with Gasteiger partial charge in [0.15, 0.2) is 0 Å². The van der Waals surface area contributed by atoms with E-state index in [2.05, 4.69) is 30.7 Å². The lowest BCUT2D eigenvalue weighted by molar-refractivity contribution is 0.350. The maximum atomic E-state index is 12.5. The van der Waals surface area contributed by atoms with Gasteiger partial charge in [-0.1, -0.05) is 25.7 Å². The fraction of sp³-hybridized carbons (Fsp3) is 0.500. The van der Waals surface area contributed by atoms with Gasteiger partial charge in [-0.05, 0) is 17.9 Å². The van der Waals surface area contributed by atoms with E-state index in [1.807, 2.05) is 0 Å². The van der Waals surface area contributed by atoms with E-state index in [9.17, 15) is 8.42 Å². The lowest BCUT2D eigenvalue weighted by Gasteiger charge is -2.15. The number of aliphatic hydroxyl groups is 1. The molecular formula is C14H18N2O3S. The molecule has 0 radical (unpaired) electrons. The van der Waals surface area contributed by atoms with Crippen LogP contribution in [0.3, 0.4) is 0 Å². The van der Waals surface area contributed by atoms with E-state index in [1.165, 1.54) is 22.8 Å². The van der Waals surface area contributed by atoms with Crippen molar-refractivity contribution in [2.24, 2.45) is 11.8 Å². The number of hydrogen-bond acceptors (Lipinski definition) is 4. The Kier molecular flexibility index (Phi) is 4.43. The standard InChI is InChI=1S/C14H18N2O3S/c1-11-9-16(10-12(11)2)20(18,19)14-6-13(4-3-5-17)7-15-8-14/h6-8,11-12,17H,5,9-10H2,1-2H3. The quantitative estimate of drug-likeness (QED) is 0.815. The molecule has 1 aromatic rings. The Bertz CT molecular complexity index is 636. The summed E-state index contributed by atoms with van der Waals surface area (Å²) in [5.74, 6) is 5.87.